The van der Waals surface area contributed by atoms with Crippen molar-refractivity contribution in [2.24, 2.45) is 0 Å². The van der Waals surface area contributed by atoms with Crippen LogP contribution in [0, 0.1) is 0 Å². The van der Waals surface area contributed by atoms with Crippen molar-refractivity contribution in [1.82, 2.24) is 0 Å². The van der Waals surface area contributed by atoms with Crippen LogP contribution in [-0.4, -0.2) is 9.20 Å². The van der Waals surface area contributed by atoms with E-state index < -0.39 is 0 Å². The van der Waals surface area contributed by atoms with Gasteiger partial charge in [-0.15, -0.1) is 0 Å². The van der Waals surface area contributed by atoms with Gasteiger partial charge in [0.05, 0.1) is 3.42 Å². The number of ketones is 1. The zero-order chi connectivity index (χ0) is 9.19. The lowest BCUT2D eigenvalue weighted by atomic mass is 9.95. The van der Waals surface area contributed by atoms with Crippen LogP contribution in [0.5, 0.6) is 0 Å². The van der Waals surface area contributed by atoms with E-state index in [0.29, 0.717) is 6.42 Å². The van der Waals surface area contributed by atoms with Gasteiger partial charge in [0.25, 0.3) is 0 Å². The second-order valence-electron chi connectivity index (χ2n) is 3.05. The van der Waals surface area contributed by atoms with Gasteiger partial charge in [0.1, 0.15) is 5.78 Å². The van der Waals surface area contributed by atoms with Gasteiger partial charge in [-0.1, -0.05) is 40.3 Å². The van der Waals surface area contributed by atoms with Gasteiger partial charge >= 0.3 is 0 Å². The summed E-state index contributed by atoms with van der Waals surface area (Å²) in [5.74, 6) is 0.209. The van der Waals surface area contributed by atoms with E-state index in [1.54, 1.807) is 6.92 Å². The Labute approximate surface area is 91.0 Å². The lowest BCUT2D eigenvalue weighted by Crippen LogP contribution is -2.21. The fourth-order valence-corrected chi connectivity index (χ4v) is 2.87. The lowest BCUT2D eigenvalue weighted by Gasteiger charge is -2.23. The number of Topliss-reactive ketones (excluding diaryl/α,β-unsaturated/α-hetero) is 1. The van der Waals surface area contributed by atoms with Gasteiger partial charge in [-0.05, 0) is 25.5 Å². The molecule has 3 heteroatoms. The third-order valence-electron chi connectivity index (χ3n) is 1.67. The summed E-state index contributed by atoms with van der Waals surface area (Å²) in [7, 11) is 0. The molecule has 0 radical (unpaired) electrons. The van der Waals surface area contributed by atoms with E-state index in [1.165, 1.54) is 0 Å². The highest BCUT2D eigenvalue weighted by Gasteiger charge is 2.26. The molecule has 0 spiro atoms. The molecule has 1 unspecified atom stereocenters. The van der Waals surface area contributed by atoms with Gasteiger partial charge in [0.2, 0.25) is 0 Å². The van der Waals surface area contributed by atoms with Crippen molar-refractivity contribution in [2.45, 2.75) is 23.2 Å². The number of carbonyl (C=O) groups excluding carboxylic acids is 1. The molecule has 0 fully saturated rings. The van der Waals surface area contributed by atoms with Gasteiger partial charge in [0.15, 0.2) is 0 Å². The van der Waals surface area contributed by atoms with Crippen LogP contribution in [-0.2, 0) is 4.79 Å². The highest BCUT2D eigenvalue weighted by Crippen LogP contribution is 2.35. The number of hydrogen-bond donors (Lipinski definition) is 0. The standard InChI is InChI=1S/C9H10ClIO/c1-7(12)5-9(11)4-2-3-8(10)6-9/h2-3,6H,4-5H2,1H3. The highest BCUT2D eigenvalue weighted by atomic mass is 127. The van der Waals surface area contributed by atoms with E-state index in [2.05, 4.69) is 22.6 Å². The zero-order valence-corrected chi connectivity index (χ0v) is 9.72. The Morgan fingerprint density at radius 2 is 2.50 bits per heavy atom. The smallest absolute Gasteiger partial charge is 0.131 e. The van der Waals surface area contributed by atoms with Crippen LogP contribution in [0.15, 0.2) is 23.3 Å². The Hall–Kier alpha value is 0.170. The van der Waals surface area contributed by atoms with Crippen LogP contribution in [0.25, 0.3) is 0 Å². The summed E-state index contributed by atoms with van der Waals surface area (Å²) in [5, 5.41) is 0.733. The van der Waals surface area contributed by atoms with Crippen LogP contribution in [0.2, 0.25) is 0 Å². The largest absolute Gasteiger partial charge is 0.300 e. The molecule has 0 N–H and O–H groups in total. The van der Waals surface area contributed by atoms with Crippen molar-refractivity contribution >= 4 is 40.0 Å². The number of allylic oxidation sites excluding steroid dienone is 4. The fraction of sp³-hybridized carbons (Fsp3) is 0.444. The molecule has 1 atom stereocenters. The monoisotopic (exact) mass is 296 g/mol. The molecule has 0 bridgehead atoms. The SMILES string of the molecule is CC(=O)CC1(I)C=C(Cl)C=CC1. The summed E-state index contributed by atoms with van der Waals surface area (Å²) in [6, 6.07) is 0. The summed E-state index contributed by atoms with van der Waals surface area (Å²) in [6.07, 6.45) is 7.30. The van der Waals surface area contributed by atoms with Gasteiger partial charge in [-0.25, -0.2) is 0 Å². The average Bonchev–Trinajstić information content (AvgIpc) is 1.82. The average molecular weight is 297 g/mol. The van der Waals surface area contributed by atoms with Crippen LogP contribution in [0.4, 0.5) is 0 Å². The third-order valence-corrected chi connectivity index (χ3v) is 3.04. The first-order chi connectivity index (χ1) is 5.52. The second-order valence-corrected chi connectivity index (χ2v) is 5.63. The Morgan fingerprint density at radius 1 is 1.83 bits per heavy atom. The van der Waals surface area contributed by atoms with E-state index >= 15 is 0 Å². The molecule has 1 nitrogen and oxygen atoms in total. The number of hydrogen-bond acceptors (Lipinski definition) is 1. The molecule has 0 heterocycles. The second kappa shape index (κ2) is 3.92. The molecule has 66 valence electrons. The maximum absolute atomic E-state index is 10.9. The van der Waals surface area contributed by atoms with Crippen molar-refractivity contribution in [2.75, 3.05) is 0 Å². The quantitative estimate of drug-likeness (QED) is 0.565. The molecule has 0 saturated carbocycles. The Morgan fingerprint density at radius 3 is 3.00 bits per heavy atom. The van der Waals surface area contributed by atoms with Crippen LogP contribution >= 0.6 is 34.2 Å². The van der Waals surface area contributed by atoms with Gasteiger partial charge in [-0.2, -0.15) is 0 Å². The van der Waals surface area contributed by atoms with E-state index in [0.717, 1.165) is 11.5 Å². The Kier molecular flexibility index (Phi) is 3.35. The summed E-state index contributed by atoms with van der Waals surface area (Å²) in [6.45, 7) is 1.61. The molecule has 0 saturated heterocycles. The van der Waals surface area contributed by atoms with Crippen LogP contribution in [0.1, 0.15) is 19.8 Å². The summed E-state index contributed by atoms with van der Waals surface area (Å²) in [5.41, 5.74) is 0. The first kappa shape index (κ1) is 10.3. The summed E-state index contributed by atoms with van der Waals surface area (Å²) >= 11 is 8.13. The maximum Gasteiger partial charge on any atom is 0.131 e. The molecule has 0 aromatic rings. The molecular weight excluding hydrogens is 286 g/mol. The van der Waals surface area contributed by atoms with Gasteiger partial charge in [-0.3, -0.25) is 4.79 Å². The first-order valence-corrected chi connectivity index (χ1v) is 5.21. The fourth-order valence-electron chi connectivity index (χ4n) is 1.26. The minimum Gasteiger partial charge on any atom is -0.300 e. The summed E-state index contributed by atoms with van der Waals surface area (Å²) < 4.78 is -0.0879. The molecule has 1 aliphatic rings. The van der Waals surface area contributed by atoms with E-state index in [-0.39, 0.29) is 9.20 Å². The summed E-state index contributed by atoms with van der Waals surface area (Å²) in [4.78, 5) is 10.9. The molecule has 0 aromatic carbocycles. The van der Waals surface area contributed by atoms with Gasteiger partial charge < -0.3 is 0 Å². The van der Waals surface area contributed by atoms with E-state index in [9.17, 15) is 4.79 Å². The van der Waals surface area contributed by atoms with Crippen molar-refractivity contribution < 1.29 is 4.79 Å². The molecule has 1 aliphatic carbocycles. The normalized spacial score (nSPS) is 28.4. The first-order valence-electron chi connectivity index (χ1n) is 3.75. The number of halogens is 2. The van der Waals surface area contributed by atoms with Crippen LogP contribution < -0.4 is 0 Å². The predicted molar refractivity (Wildman–Crippen MR) is 59.7 cm³/mol. The van der Waals surface area contributed by atoms with Crippen molar-refractivity contribution in [3.8, 4) is 0 Å². The molecule has 0 aliphatic heterocycles. The molecule has 0 amide bonds. The zero-order valence-electron chi connectivity index (χ0n) is 6.81. The predicted octanol–water partition coefficient (Wildman–Crippen LogP) is 3.22. The number of alkyl halides is 1. The van der Waals surface area contributed by atoms with Crippen LogP contribution in [0.3, 0.4) is 0 Å². The minimum absolute atomic E-state index is 0.0879. The Balaban J connectivity index is 2.73. The van der Waals surface area contributed by atoms with Crippen molar-refractivity contribution in [3.05, 3.63) is 23.3 Å². The molecular formula is C9H10ClIO. The highest BCUT2D eigenvalue weighted by molar-refractivity contribution is 14.1. The third kappa shape index (κ3) is 2.90. The topological polar surface area (TPSA) is 17.1 Å². The number of rotatable bonds is 2. The lowest BCUT2D eigenvalue weighted by molar-refractivity contribution is -0.117. The van der Waals surface area contributed by atoms with Crippen molar-refractivity contribution in [1.29, 1.82) is 0 Å². The molecule has 12 heavy (non-hydrogen) atoms. The van der Waals surface area contributed by atoms with Gasteiger partial charge in [0, 0.05) is 11.5 Å². The molecule has 0 aromatic heterocycles. The minimum atomic E-state index is -0.0879. The maximum atomic E-state index is 10.9. The Bertz CT molecular complexity index is 257. The van der Waals surface area contributed by atoms with E-state index in [4.69, 9.17) is 11.6 Å². The van der Waals surface area contributed by atoms with E-state index in [1.807, 2.05) is 18.2 Å². The number of carbonyl (C=O) groups is 1. The molecule has 1 rings (SSSR count). The van der Waals surface area contributed by atoms with Crippen molar-refractivity contribution in [3.63, 3.8) is 0 Å².